The lowest BCUT2D eigenvalue weighted by Gasteiger charge is -1.94. The van der Waals surface area contributed by atoms with E-state index in [9.17, 15) is 10.1 Å². The van der Waals surface area contributed by atoms with Crippen LogP contribution in [0.5, 0.6) is 0 Å². The Morgan fingerprint density at radius 3 is 2.71 bits per heavy atom. The number of hydrogen-bond acceptors (Lipinski definition) is 6. The molecule has 0 saturated carbocycles. The van der Waals surface area contributed by atoms with Gasteiger partial charge in [-0.15, -0.1) is 0 Å². The van der Waals surface area contributed by atoms with Crippen molar-refractivity contribution in [2.45, 2.75) is 6.54 Å². The average molecular weight is 306 g/mol. The van der Waals surface area contributed by atoms with Crippen LogP contribution in [0.25, 0.3) is 11.4 Å². The van der Waals surface area contributed by atoms with Crippen LogP contribution in [0.1, 0.15) is 5.89 Å². The van der Waals surface area contributed by atoms with Gasteiger partial charge in [0.2, 0.25) is 11.7 Å². The zero-order valence-electron chi connectivity index (χ0n) is 10.5. The summed E-state index contributed by atoms with van der Waals surface area (Å²) in [6.45, 7) is 0.298. The molecule has 0 spiro atoms. The molecule has 0 aliphatic rings. The molecule has 1 aromatic carbocycles. The van der Waals surface area contributed by atoms with Gasteiger partial charge in [0, 0.05) is 23.9 Å². The van der Waals surface area contributed by atoms with Gasteiger partial charge in [-0.05, 0) is 12.1 Å². The second kappa shape index (κ2) is 5.33. The lowest BCUT2D eigenvalue weighted by Crippen LogP contribution is -1.99. The van der Waals surface area contributed by atoms with Crippen LogP contribution in [0.2, 0.25) is 5.02 Å². The molecule has 0 aliphatic heterocycles. The highest BCUT2D eigenvalue weighted by molar-refractivity contribution is 6.30. The zero-order valence-corrected chi connectivity index (χ0v) is 11.3. The van der Waals surface area contributed by atoms with Crippen molar-refractivity contribution < 1.29 is 9.45 Å². The van der Waals surface area contributed by atoms with Gasteiger partial charge in [-0.1, -0.05) is 16.8 Å². The predicted octanol–water partition coefficient (Wildman–Crippen LogP) is 2.54. The van der Waals surface area contributed by atoms with Gasteiger partial charge in [-0.3, -0.25) is 14.8 Å². The number of hydrogen-bond donors (Lipinski definition) is 0. The summed E-state index contributed by atoms with van der Waals surface area (Å²) in [6.07, 6.45) is 3.15. The fraction of sp³-hybridized carbons (Fsp3) is 0.0833. The summed E-state index contributed by atoms with van der Waals surface area (Å²) >= 11 is 5.76. The van der Waals surface area contributed by atoms with Gasteiger partial charge in [0.05, 0.1) is 16.1 Å². The van der Waals surface area contributed by atoms with Gasteiger partial charge in [0.15, 0.2) is 0 Å². The van der Waals surface area contributed by atoms with Crippen LogP contribution in [0.3, 0.4) is 0 Å². The first kappa shape index (κ1) is 13.3. The number of non-ortho nitro benzene ring substituents is 1. The van der Waals surface area contributed by atoms with Crippen LogP contribution in [-0.4, -0.2) is 24.8 Å². The fourth-order valence-corrected chi connectivity index (χ4v) is 1.89. The number of rotatable bonds is 4. The molecular weight excluding hydrogens is 298 g/mol. The van der Waals surface area contributed by atoms with Crippen molar-refractivity contribution in [3.8, 4) is 11.4 Å². The van der Waals surface area contributed by atoms with Crippen molar-refractivity contribution in [3.05, 3.63) is 57.7 Å². The van der Waals surface area contributed by atoms with Crippen molar-refractivity contribution in [1.82, 2.24) is 19.9 Å². The Morgan fingerprint density at radius 1 is 1.33 bits per heavy atom. The minimum atomic E-state index is -0.465. The number of nitro groups is 1. The minimum Gasteiger partial charge on any atom is -0.337 e. The normalized spacial score (nSPS) is 10.7. The summed E-state index contributed by atoms with van der Waals surface area (Å²) < 4.78 is 6.68. The molecule has 0 aliphatic carbocycles. The van der Waals surface area contributed by atoms with Crippen LogP contribution >= 0.6 is 11.6 Å². The number of halogens is 1. The van der Waals surface area contributed by atoms with E-state index in [-0.39, 0.29) is 5.69 Å². The highest BCUT2D eigenvalue weighted by Gasteiger charge is 2.11. The molecular formula is C12H8ClN5O3. The molecule has 0 amide bonds. The standard InChI is InChI=1S/C12H8ClN5O3/c13-9-5-14-17(6-9)7-11-15-12(16-21-11)8-1-3-10(4-2-8)18(19)20/h1-6H,7H2. The molecule has 3 rings (SSSR count). The smallest absolute Gasteiger partial charge is 0.269 e. The SMILES string of the molecule is O=[N+]([O-])c1ccc(-c2noc(Cn3cc(Cl)cn3)n2)cc1. The highest BCUT2D eigenvalue weighted by atomic mass is 35.5. The van der Waals surface area contributed by atoms with Crippen molar-refractivity contribution in [2.75, 3.05) is 0 Å². The molecule has 2 aromatic heterocycles. The monoisotopic (exact) mass is 305 g/mol. The van der Waals surface area contributed by atoms with E-state index in [1.165, 1.54) is 18.3 Å². The summed E-state index contributed by atoms with van der Waals surface area (Å²) in [5.74, 6) is 0.723. The molecule has 0 fully saturated rings. The lowest BCUT2D eigenvalue weighted by atomic mass is 10.2. The van der Waals surface area contributed by atoms with Crippen molar-refractivity contribution >= 4 is 17.3 Å². The van der Waals surface area contributed by atoms with Gasteiger partial charge in [-0.2, -0.15) is 10.1 Å². The molecule has 0 saturated heterocycles. The molecule has 8 nitrogen and oxygen atoms in total. The van der Waals surface area contributed by atoms with Crippen molar-refractivity contribution in [3.63, 3.8) is 0 Å². The summed E-state index contributed by atoms with van der Waals surface area (Å²) in [5.41, 5.74) is 0.641. The van der Waals surface area contributed by atoms with E-state index in [1.54, 1.807) is 23.0 Å². The van der Waals surface area contributed by atoms with E-state index in [0.717, 1.165) is 0 Å². The van der Waals surface area contributed by atoms with E-state index in [1.807, 2.05) is 0 Å². The average Bonchev–Trinajstić information content (AvgIpc) is 3.09. The molecule has 106 valence electrons. The first-order valence-electron chi connectivity index (χ1n) is 5.87. The van der Waals surface area contributed by atoms with Crippen LogP contribution < -0.4 is 0 Å². The van der Waals surface area contributed by atoms with Gasteiger partial charge in [0.1, 0.15) is 6.54 Å². The Kier molecular flexibility index (Phi) is 3.36. The molecule has 0 N–H and O–H groups in total. The first-order chi connectivity index (χ1) is 10.1. The van der Waals surface area contributed by atoms with E-state index >= 15 is 0 Å². The maximum atomic E-state index is 10.6. The number of benzene rings is 1. The summed E-state index contributed by atoms with van der Waals surface area (Å²) in [4.78, 5) is 14.3. The Morgan fingerprint density at radius 2 is 2.10 bits per heavy atom. The van der Waals surface area contributed by atoms with Gasteiger partial charge < -0.3 is 4.52 Å². The summed E-state index contributed by atoms with van der Waals surface area (Å²) in [6, 6.07) is 5.91. The topological polar surface area (TPSA) is 99.9 Å². The molecule has 0 atom stereocenters. The number of nitrogens with zero attached hydrogens (tertiary/aromatic N) is 5. The van der Waals surface area contributed by atoms with E-state index < -0.39 is 4.92 Å². The predicted molar refractivity (Wildman–Crippen MR) is 72.7 cm³/mol. The molecule has 0 radical (unpaired) electrons. The van der Waals surface area contributed by atoms with Crippen LogP contribution in [0.15, 0.2) is 41.2 Å². The van der Waals surface area contributed by atoms with Crippen LogP contribution in [0, 0.1) is 10.1 Å². The van der Waals surface area contributed by atoms with Crippen LogP contribution in [-0.2, 0) is 6.54 Å². The minimum absolute atomic E-state index is 0.00801. The first-order valence-corrected chi connectivity index (χ1v) is 6.25. The van der Waals surface area contributed by atoms with Crippen molar-refractivity contribution in [2.24, 2.45) is 0 Å². The number of aromatic nitrogens is 4. The Bertz CT molecular complexity index is 780. The Labute approximate surface area is 123 Å². The van der Waals surface area contributed by atoms with E-state index in [2.05, 4.69) is 15.2 Å². The van der Waals surface area contributed by atoms with Crippen molar-refractivity contribution in [1.29, 1.82) is 0 Å². The fourth-order valence-electron chi connectivity index (χ4n) is 1.73. The van der Waals surface area contributed by atoms with Gasteiger partial charge >= 0.3 is 0 Å². The maximum absolute atomic E-state index is 10.6. The third-order valence-corrected chi connectivity index (χ3v) is 2.90. The zero-order chi connectivity index (χ0) is 14.8. The molecule has 9 heteroatoms. The molecule has 0 unspecified atom stereocenters. The number of nitro benzene ring substituents is 1. The molecule has 0 bridgehead atoms. The van der Waals surface area contributed by atoms with E-state index in [4.69, 9.17) is 16.1 Å². The maximum Gasteiger partial charge on any atom is 0.269 e. The second-order valence-corrected chi connectivity index (χ2v) is 4.61. The Balaban J connectivity index is 1.79. The summed E-state index contributed by atoms with van der Waals surface area (Å²) in [5, 5.41) is 19.0. The van der Waals surface area contributed by atoms with E-state index in [0.29, 0.717) is 28.8 Å². The lowest BCUT2D eigenvalue weighted by molar-refractivity contribution is -0.384. The summed E-state index contributed by atoms with van der Waals surface area (Å²) in [7, 11) is 0. The third-order valence-electron chi connectivity index (χ3n) is 2.70. The van der Waals surface area contributed by atoms with Gasteiger partial charge in [0.25, 0.3) is 5.69 Å². The second-order valence-electron chi connectivity index (χ2n) is 4.17. The third kappa shape index (κ3) is 2.90. The molecule has 2 heterocycles. The molecule has 3 aromatic rings. The van der Waals surface area contributed by atoms with Crippen LogP contribution in [0.4, 0.5) is 5.69 Å². The quantitative estimate of drug-likeness (QED) is 0.542. The molecule has 21 heavy (non-hydrogen) atoms. The highest BCUT2D eigenvalue weighted by Crippen LogP contribution is 2.20. The van der Waals surface area contributed by atoms with Gasteiger partial charge in [-0.25, -0.2) is 0 Å². The Hall–Kier alpha value is -2.74. The largest absolute Gasteiger partial charge is 0.337 e.